The van der Waals surface area contributed by atoms with Crippen molar-refractivity contribution in [2.24, 2.45) is 0 Å². The van der Waals surface area contributed by atoms with E-state index in [0.717, 1.165) is 32.5 Å². The molecular weight excluding hydrogens is 356 g/mol. The van der Waals surface area contributed by atoms with Crippen molar-refractivity contribution in [3.63, 3.8) is 0 Å². The summed E-state index contributed by atoms with van der Waals surface area (Å²) < 4.78 is 5.25. The third kappa shape index (κ3) is 4.15. The predicted molar refractivity (Wildman–Crippen MR) is 107 cm³/mol. The molecule has 2 aromatic carbocycles. The maximum absolute atomic E-state index is 12.3. The standard InChI is InChI=1S/C22H18N2O2S/c25-19(23-15-18-12-7-13-26-18)14-20-24-21(16-8-3-1-4-9-16)22(27-20)17-10-5-2-6-11-17/h1-13H,14-15H2,(H,23,25). The van der Waals surface area contributed by atoms with Gasteiger partial charge in [-0.2, -0.15) is 0 Å². The highest BCUT2D eigenvalue weighted by atomic mass is 32.1. The number of hydrogen-bond acceptors (Lipinski definition) is 4. The van der Waals surface area contributed by atoms with Crippen LogP contribution < -0.4 is 5.32 Å². The quantitative estimate of drug-likeness (QED) is 0.521. The maximum Gasteiger partial charge on any atom is 0.227 e. The second-order valence-electron chi connectivity index (χ2n) is 6.05. The van der Waals surface area contributed by atoms with Gasteiger partial charge in [0.05, 0.1) is 29.8 Å². The van der Waals surface area contributed by atoms with Crippen LogP contribution in [0.1, 0.15) is 10.8 Å². The number of amides is 1. The minimum Gasteiger partial charge on any atom is -0.467 e. The van der Waals surface area contributed by atoms with Crippen molar-refractivity contribution in [3.05, 3.63) is 89.8 Å². The molecule has 0 bridgehead atoms. The van der Waals surface area contributed by atoms with E-state index in [1.807, 2.05) is 54.6 Å². The lowest BCUT2D eigenvalue weighted by Gasteiger charge is -2.02. The average molecular weight is 374 g/mol. The Kier molecular flexibility index (Phi) is 5.12. The molecule has 2 aromatic heterocycles. The normalized spacial score (nSPS) is 10.7. The van der Waals surface area contributed by atoms with Crippen molar-refractivity contribution in [3.8, 4) is 21.7 Å². The Morgan fingerprint density at radius 2 is 1.63 bits per heavy atom. The van der Waals surface area contributed by atoms with Gasteiger partial charge in [-0.15, -0.1) is 11.3 Å². The van der Waals surface area contributed by atoms with E-state index < -0.39 is 0 Å². The molecule has 5 heteroatoms. The largest absolute Gasteiger partial charge is 0.467 e. The molecule has 0 fully saturated rings. The molecule has 4 nitrogen and oxygen atoms in total. The Bertz CT molecular complexity index is 952. The van der Waals surface area contributed by atoms with Crippen LogP contribution >= 0.6 is 11.3 Å². The van der Waals surface area contributed by atoms with Crippen molar-refractivity contribution < 1.29 is 9.21 Å². The van der Waals surface area contributed by atoms with E-state index in [1.54, 1.807) is 23.7 Å². The van der Waals surface area contributed by atoms with Crippen LogP contribution in [0.2, 0.25) is 0 Å². The second kappa shape index (κ2) is 8.01. The minimum absolute atomic E-state index is 0.0700. The number of nitrogens with zero attached hydrogens (tertiary/aromatic N) is 1. The fraction of sp³-hybridized carbons (Fsp3) is 0.0909. The van der Waals surface area contributed by atoms with Crippen LogP contribution in [0.25, 0.3) is 21.7 Å². The highest BCUT2D eigenvalue weighted by molar-refractivity contribution is 7.15. The first-order chi connectivity index (χ1) is 13.3. The zero-order chi connectivity index (χ0) is 18.5. The van der Waals surface area contributed by atoms with Crippen LogP contribution in [0.15, 0.2) is 83.5 Å². The highest BCUT2D eigenvalue weighted by Crippen LogP contribution is 2.36. The molecule has 0 saturated heterocycles. The van der Waals surface area contributed by atoms with Gasteiger partial charge >= 0.3 is 0 Å². The van der Waals surface area contributed by atoms with Crippen LogP contribution in [-0.2, 0) is 17.8 Å². The third-order valence-electron chi connectivity index (χ3n) is 4.11. The summed E-state index contributed by atoms with van der Waals surface area (Å²) in [5.41, 5.74) is 3.08. The summed E-state index contributed by atoms with van der Waals surface area (Å²) in [4.78, 5) is 18.2. The molecule has 0 unspecified atom stereocenters. The van der Waals surface area contributed by atoms with Gasteiger partial charge in [0, 0.05) is 5.56 Å². The van der Waals surface area contributed by atoms with Gasteiger partial charge in [0.15, 0.2) is 0 Å². The number of benzene rings is 2. The predicted octanol–water partition coefficient (Wildman–Crippen LogP) is 4.93. The first-order valence-electron chi connectivity index (χ1n) is 8.69. The zero-order valence-corrected chi connectivity index (χ0v) is 15.4. The van der Waals surface area contributed by atoms with Crippen molar-refractivity contribution in [2.75, 3.05) is 0 Å². The Morgan fingerprint density at radius 1 is 0.926 bits per heavy atom. The number of thiazole rings is 1. The molecule has 0 aliphatic rings. The molecule has 1 N–H and O–H groups in total. The molecule has 4 aromatic rings. The molecule has 4 rings (SSSR count). The van der Waals surface area contributed by atoms with E-state index in [9.17, 15) is 4.79 Å². The lowest BCUT2D eigenvalue weighted by Crippen LogP contribution is -2.24. The van der Waals surface area contributed by atoms with Crippen molar-refractivity contribution >= 4 is 17.2 Å². The monoisotopic (exact) mass is 374 g/mol. The number of aromatic nitrogens is 1. The molecule has 0 radical (unpaired) electrons. The van der Waals surface area contributed by atoms with E-state index >= 15 is 0 Å². The summed E-state index contributed by atoms with van der Waals surface area (Å²) >= 11 is 1.56. The third-order valence-corrected chi connectivity index (χ3v) is 5.21. The topological polar surface area (TPSA) is 55.1 Å². The van der Waals surface area contributed by atoms with Crippen LogP contribution in [-0.4, -0.2) is 10.9 Å². The van der Waals surface area contributed by atoms with Gasteiger partial charge in [-0.3, -0.25) is 4.79 Å². The van der Waals surface area contributed by atoms with E-state index in [2.05, 4.69) is 17.4 Å². The van der Waals surface area contributed by atoms with Gasteiger partial charge in [0.2, 0.25) is 5.91 Å². The Balaban J connectivity index is 1.58. The summed E-state index contributed by atoms with van der Waals surface area (Å²) in [6.07, 6.45) is 1.85. The maximum atomic E-state index is 12.3. The zero-order valence-electron chi connectivity index (χ0n) is 14.6. The summed E-state index contributed by atoms with van der Waals surface area (Å²) in [5, 5.41) is 3.67. The Morgan fingerprint density at radius 3 is 2.30 bits per heavy atom. The first-order valence-corrected chi connectivity index (χ1v) is 9.51. The number of hydrogen-bond donors (Lipinski definition) is 1. The average Bonchev–Trinajstić information content (AvgIpc) is 3.38. The van der Waals surface area contributed by atoms with E-state index in [-0.39, 0.29) is 12.3 Å². The molecule has 0 atom stereocenters. The van der Waals surface area contributed by atoms with Crippen molar-refractivity contribution in [1.29, 1.82) is 0 Å². The number of carbonyl (C=O) groups is 1. The van der Waals surface area contributed by atoms with Gasteiger partial charge < -0.3 is 9.73 Å². The highest BCUT2D eigenvalue weighted by Gasteiger charge is 2.16. The fourth-order valence-electron chi connectivity index (χ4n) is 2.82. The molecule has 0 aliphatic carbocycles. The molecule has 27 heavy (non-hydrogen) atoms. The first kappa shape index (κ1) is 17.2. The van der Waals surface area contributed by atoms with Crippen LogP contribution in [0.5, 0.6) is 0 Å². The molecular formula is C22H18N2O2S. The molecule has 0 aliphatic heterocycles. The van der Waals surface area contributed by atoms with Crippen LogP contribution in [0.3, 0.4) is 0 Å². The minimum atomic E-state index is -0.0700. The Hall–Kier alpha value is -3.18. The van der Waals surface area contributed by atoms with Crippen LogP contribution in [0, 0.1) is 0 Å². The van der Waals surface area contributed by atoms with E-state index in [0.29, 0.717) is 6.54 Å². The summed E-state index contributed by atoms with van der Waals surface area (Å²) in [6.45, 7) is 0.383. The number of carbonyl (C=O) groups excluding carboxylic acids is 1. The lowest BCUT2D eigenvalue weighted by atomic mass is 10.1. The van der Waals surface area contributed by atoms with Gasteiger partial charge in [0.1, 0.15) is 10.8 Å². The van der Waals surface area contributed by atoms with Crippen molar-refractivity contribution in [2.45, 2.75) is 13.0 Å². The molecule has 0 saturated carbocycles. The number of furan rings is 1. The number of rotatable bonds is 6. The van der Waals surface area contributed by atoms with Crippen LogP contribution in [0.4, 0.5) is 0 Å². The summed E-state index contributed by atoms with van der Waals surface area (Å²) in [6, 6.07) is 23.9. The van der Waals surface area contributed by atoms with E-state index in [4.69, 9.17) is 9.40 Å². The summed E-state index contributed by atoms with van der Waals surface area (Å²) in [7, 11) is 0. The number of nitrogens with one attached hydrogen (secondary N) is 1. The smallest absolute Gasteiger partial charge is 0.227 e. The van der Waals surface area contributed by atoms with Crippen molar-refractivity contribution in [1.82, 2.24) is 10.3 Å². The summed E-state index contributed by atoms with van der Waals surface area (Å²) in [5.74, 6) is 0.664. The van der Waals surface area contributed by atoms with Gasteiger partial charge in [-0.1, -0.05) is 60.7 Å². The molecule has 2 heterocycles. The van der Waals surface area contributed by atoms with Gasteiger partial charge in [0.25, 0.3) is 0 Å². The van der Waals surface area contributed by atoms with Gasteiger partial charge in [-0.05, 0) is 17.7 Å². The lowest BCUT2D eigenvalue weighted by molar-refractivity contribution is -0.120. The van der Waals surface area contributed by atoms with E-state index in [1.165, 1.54) is 0 Å². The SMILES string of the molecule is O=C(Cc1nc(-c2ccccc2)c(-c2ccccc2)s1)NCc1ccco1. The molecule has 134 valence electrons. The van der Waals surface area contributed by atoms with Gasteiger partial charge in [-0.25, -0.2) is 4.98 Å². The fourth-order valence-corrected chi connectivity index (χ4v) is 3.91. The molecule has 0 spiro atoms. The second-order valence-corrected chi connectivity index (χ2v) is 7.13. The molecule has 1 amide bonds. The Labute approximate surface area is 161 Å².